The maximum Gasteiger partial charge on any atom is 0.305 e. The van der Waals surface area contributed by atoms with Gasteiger partial charge in [-0.2, -0.15) is 0 Å². The van der Waals surface area contributed by atoms with E-state index in [9.17, 15) is 19.8 Å². The first-order chi connectivity index (χ1) is 20.6. The van der Waals surface area contributed by atoms with E-state index in [1.165, 1.54) is 0 Å². The number of rotatable bonds is 17. The van der Waals surface area contributed by atoms with E-state index in [4.69, 9.17) is 18.9 Å². The van der Waals surface area contributed by atoms with Crippen molar-refractivity contribution in [3.63, 3.8) is 0 Å². The molecule has 246 valence electrons. The van der Waals surface area contributed by atoms with Crippen LogP contribution >= 0.6 is 0 Å². The molecule has 0 radical (unpaired) electrons. The lowest BCUT2D eigenvalue weighted by Gasteiger charge is -2.22. The molecule has 2 aromatic carbocycles. The molecule has 0 saturated heterocycles. The number of ether oxygens (including phenoxy) is 4. The lowest BCUT2D eigenvalue weighted by Crippen LogP contribution is -2.15. The van der Waals surface area contributed by atoms with Crippen LogP contribution < -0.4 is 0 Å². The van der Waals surface area contributed by atoms with E-state index in [-0.39, 0.29) is 49.2 Å². The van der Waals surface area contributed by atoms with Crippen LogP contribution in [0.25, 0.3) is 0 Å². The number of aromatic hydroxyl groups is 2. The minimum Gasteiger partial charge on any atom is -0.507 e. The number of phenols is 2. The lowest BCUT2D eigenvalue weighted by atomic mass is 9.83. The zero-order valence-electron chi connectivity index (χ0n) is 28.1. The van der Waals surface area contributed by atoms with Crippen LogP contribution in [-0.2, 0) is 52.2 Å². The topological polar surface area (TPSA) is 112 Å². The minimum absolute atomic E-state index is 0.158. The van der Waals surface area contributed by atoms with Gasteiger partial charge in [0.2, 0.25) is 0 Å². The molecule has 0 saturated carbocycles. The van der Waals surface area contributed by atoms with Crippen molar-refractivity contribution in [2.24, 2.45) is 0 Å². The summed E-state index contributed by atoms with van der Waals surface area (Å²) in [5, 5.41) is 20.8. The molecule has 2 aromatic rings. The van der Waals surface area contributed by atoms with E-state index >= 15 is 0 Å². The van der Waals surface area contributed by atoms with Gasteiger partial charge in [-0.1, -0.05) is 65.8 Å². The van der Waals surface area contributed by atoms with Gasteiger partial charge in [-0.25, -0.2) is 0 Å². The molecule has 8 heteroatoms. The van der Waals surface area contributed by atoms with Crippen LogP contribution in [0.2, 0.25) is 0 Å². The summed E-state index contributed by atoms with van der Waals surface area (Å²) in [7, 11) is 0. The van der Waals surface area contributed by atoms with Gasteiger partial charge in [0.25, 0.3) is 0 Å². The molecule has 8 nitrogen and oxygen atoms in total. The summed E-state index contributed by atoms with van der Waals surface area (Å²) in [5.41, 5.74) is 5.42. The Labute approximate surface area is 264 Å². The number of carbonyl (C=O) groups excluding carboxylic acids is 2. The summed E-state index contributed by atoms with van der Waals surface area (Å²) in [5.74, 6) is 0.166. The van der Waals surface area contributed by atoms with Crippen LogP contribution in [0.1, 0.15) is 101 Å². The zero-order chi connectivity index (χ0) is 32.9. The Morgan fingerprint density at radius 3 is 1.27 bits per heavy atom. The summed E-state index contributed by atoms with van der Waals surface area (Å²) in [6, 6.07) is 7.99. The average molecular weight is 615 g/mol. The molecule has 2 rings (SSSR count). The van der Waals surface area contributed by atoms with Crippen molar-refractivity contribution in [3.05, 3.63) is 57.6 Å². The van der Waals surface area contributed by atoms with Gasteiger partial charge < -0.3 is 29.2 Å². The molecule has 0 unspecified atom stereocenters. The predicted molar refractivity (Wildman–Crippen MR) is 173 cm³/mol. The molecule has 0 fully saturated rings. The first-order valence-corrected chi connectivity index (χ1v) is 15.7. The molecule has 0 bridgehead atoms. The van der Waals surface area contributed by atoms with Crippen molar-refractivity contribution in [2.75, 3.05) is 39.6 Å². The van der Waals surface area contributed by atoms with E-state index in [2.05, 4.69) is 41.5 Å². The summed E-state index contributed by atoms with van der Waals surface area (Å²) in [6.45, 7) is 17.9. The average Bonchev–Trinajstić information content (AvgIpc) is 2.92. The Hall–Kier alpha value is -3.10. The van der Waals surface area contributed by atoms with Gasteiger partial charge in [0.15, 0.2) is 0 Å². The van der Waals surface area contributed by atoms with Gasteiger partial charge in [0.1, 0.15) is 24.7 Å². The van der Waals surface area contributed by atoms with Crippen molar-refractivity contribution >= 4 is 11.9 Å². The number of hydrogen-bond donors (Lipinski definition) is 2. The lowest BCUT2D eigenvalue weighted by molar-refractivity contribution is -0.147. The zero-order valence-corrected chi connectivity index (χ0v) is 28.1. The summed E-state index contributed by atoms with van der Waals surface area (Å²) >= 11 is 0. The number of aryl methyl sites for hydroxylation is 4. The summed E-state index contributed by atoms with van der Waals surface area (Å²) < 4.78 is 21.4. The highest BCUT2D eigenvalue weighted by Crippen LogP contribution is 2.35. The van der Waals surface area contributed by atoms with Crippen LogP contribution in [-0.4, -0.2) is 61.8 Å². The van der Waals surface area contributed by atoms with Crippen LogP contribution in [0.5, 0.6) is 11.5 Å². The number of phenolic OH excluding ortho intramolecular Hbond substituents is 2. The Kier molecular flexibility index (Phi) is 14.7. The fourth-order valence-electron chi connectivity index (χ4n) is 4.91. The van der Waals surface area contributed by atoms with Crippen LogP contribution in [0, 0.1) is 13.8 Å². The van der Waals surface area contributed by atoms with E-state index in [1.54, 1.807) is 0 Å². The third-order valence-corrected chi connectivity index (χ3v) is 7.38. The van der Waals surface area contributed by atoms with Crippen molar-refractivity contribution in [2.45, 2.75) is 105 Å². The maximum absolute atomic E-state index is 12.1. The summed E-state index contributed by atoms with van der Waals surface area (Å²) in [4.78, 5) is 24.1. The second-order valence-corrected chi connectivity index (χ2v) is 13.5. The molecule has 44 heavy (non-hydrogen) atoms. The van der Waals surface area contributed by atoms with Crippen LogP contribution in [0.4, 0.5) is 0 Å². The van der Waals surface area contributed by atoms with Gasteiger partial charge in [-0.3, -0.25) is 9.59 Å². The molecular weight excluding hydrogens is 560 g/mol. The van der Waals surface area contributed by atoms with Gasteiger partial charge in [0.05, 0.1) is 26.4 Å². The Bertz CT molecular complexity index is 1120. The molecule has 0 aliphatic rings. The largest absolute Gasteiger partial charge is 0.507 e. The Morgan fingerprint density at radius 1 is 0.591 bits per heavy atom. The normalized spacial score (nSPS) is 11.9. The second kappa shape index (κ2) is 17.4. The summed E-state index contributed by atoms with van der Waals surface area (Å²) in [6.07, 6.45) is 3.45. The van der Waals surface area contributed by atoms with Gasteiger partial charge >= 0.3 is 11.9 Å². The van der Waals surface area contributed by atoms with Crippen molar-refractivity contribution < 1.29 is 38.7 Å². The molecule has 0 aliphatic carbocycles. The van der Waals surface area contributed by atoms with Gasteiger partial charge in [-0.05, 0) is 83.7 Å². The third kappa shape index (κ3) is 12.9. The Balaban J connectivity index is 1.48. The number of hydrogen-bond acceptors (Lipinski definition) is 8. The monoisotopic (exact) mass is 614 g/mol. The van der Waals surface area contributed by atoms with E-state index in [1.807, 2.05) is 38.1 Å². The molecule has 0 spiro atoms. The van der Waals surface area contributed by atoms with Crippen LogP contribution in [0.15, 0.2) is 24.3 Å². The van der Waals surface area contributed by atoms with Crippen LogP contribution in [0.3, 0.4) is 0 Å². The number of esters is 2. The van der Waals surface area contributed by atoms with Crippen molar-refractivity contribution in [1.82, 2.24) is 0 Å². The minimum atomic E-state index is -0.258. The maximum atomic E-state index is 12.1. The third-order valence-electron chi connectivity index (χ3n) is 7.38. The van der Waals surface area contributed by atoms with Crippen molar-refractivity contribution in [3.8, 4) is 11.5 Å². The second-order valence-electron chi connectivity index (χ2n) is 13.5. The molecule has 2 N–H and O–H groups in total. The van der Waals surface area contributed by atoms with Gasteiger partial charge in [-0.15, -0.1) is 0 Å². The first kappa shape index (κ1) is 37.1. The molecule has 0 aromatic heterocycles. The standard InChI is InChI=1S/C36H54O8/c1-25-21-27(23-29(33(25)39)35(3,4)5)11-9-13-31(37)43-19-17-41-15-16-42-18-20-44-32(38)14-10-12-28-22-26(2)34(40)30(24-28)36(6,7)8/h21-24,39-40H,9-20H2,1-8H3. The molecule has 0 atom stereocenters. The number of carbonyl (C=O) groups is 2. The fraction of sp³-hybridized carbons (Fsp3) is 0.611. The predicted octanol–water partition coefficient (Wildman–Crippen LogP) is 6.77. The number of benzene rings is 2. The molecule has 0 heterocycles. The van der Waals surface area contributed by atoms with Gasteiger partial charge in [0, 0.05) is 12.8 Å². The highest BCUT2D eigenvalue weighted by molar-refractivity contribution is 5.69. The first-order valence-electron chi connectivity index (χ1n) is 15.7. The molecular formula is C36H54O8. The smallest absolute Gasteiger partial charge is 0.305 e. The molecule has 0 amide bonds. The van der Waals surface area contributed by atoms with E-state index in [0.717, 1.165) is 46.2 Å². The highest BCUT2D eigenvalue weighted by atomic mass is 16.6. The van der Waals surface area contributed by atoms with Crippen molar-refractivity contribution in [1.29, 1.82) is 0 Å². The SMILES string of the molecule is Cc1cc(CCCC(=O)OCCOCCOCCOC(=O)CCCc2cc(C)c(O)c(C(C)(C)C)c2)cc(C(C)(C)C)c1O. The highest BCUT2D eigenvalue weighted by Gasteiger charge is 2.21. The Morgan fingerprint density at radius 2 is 0.932 bits per heavy atom. The molecule has 0 aliphatic heterocycles. The fourth-order valence-corrected chi connectivity index (χ4v) is 4.91. The quantitative estimate of drug-likeness (QED) is 0.148. The van der Waals surface area contributed by atoms with E-state index in [0.29, 0.717) is 50.4 Å². The van der Waals surface area contributed by atoms with E-state index < -0.39 is 0 Å².